The van der Waals surface area contributed by atoms with Crippen LogP contribution in [0.15, 0.2) is 12.7 Å². The molecule has 0 aromatic carbocycles. The Morgan fingerprint density at radius 1 is 1.60 bits per heavy atom. The molecule has 0 spiro atoms. The topological polar surface area (TPSA) is 9.23 Å². The average Bonchev–Trinajstić information content (AvgIpc) is 2.14. The van der Waals surface area contributed by atoms with E-state index in [4.69, 9.17) is 4.74 Å². The van der Waals surface area contributed by atoms with Crippen LogP contribution in [0.25, 0.3) is 0 Å². The number of hydrogen-bond donors (Lipinski definition) is 0. The van der Waals surface area contributed by atoms with E-state index in [2.05, 4.69) is 20.4 Å². The normalized spacial score (nSPS) is 40.0. The highest BCUT2D eigenvalue weighted by Crippen LogP contribution is 2.27. The summed E-state index contributed by atoms with van der Waals surface area (Å²) in [7, 11) is 0. The predicted octanol–water partition coefficient (Wildman–Crippen LogP) is 2.38. The van der Waals surface area contributed by atoms with Gasteiger partial charge in [0.15, 0.2) is 0 Å². The fraction of sp³-hybridized carbons (Fsp3) is 0.778. The zero-order chi connectivity index (χ0) is 7.56. The maximum Gasteiger partial charge on any atom is 0.0616 e. The molecule has 1 unspecified atom stereocenters. The molecule has 0 amide bonds. The van der Waals surface area contributed by atoms with Gasteiger partial charge in [0.2, 0.25) is 0 Å². The Hall–Kier alpha value is -0.300. The molecule has 1 fully saturated rings. The highest BCUT2D eigenvalue weighted by molar-refractivity contribution is 4.82. The summed E-state index contributed by atoms with van der Waals surface area (Å²) in [6.45, 7) is 8.08. The highest BCUT2D eigenvalue weighted by Gasteiger charge is 2.27. The second-order valence-electron chi connectivity index (χ2n) is 3.20. The summed E-state index contributed by atoms with van der Waals surface area (Å²) in [5.41, 5.74) is 0. The van der Waals surface area contributed by atoms with Crippen LogP contribution in [0.3, 0.4) is 0 Å². The first kappa shape index (κ1) is 7.80. The fourth-order valence-corrected chi connectivity index (χ4v) is 1.44. The van der Waals surface area contributed by atoms with Crippen LogP contribution in [0, 0.1) is 5.92 Å². The van der Waals surface area contributed by atoms with Crippen molar-refractivity contribution in [1.82, 2.24) is 0 Å². The first-order chi connectivity index (χ1) is 4.74. The molecule has 1 heteroatoms. The third-order valence-electron chi connectivity index (χ3n) is 2.27. The Balaban J connectivity index is 2.33. The van der Waals surface area contributed by atoms with Gasteiger partial charge in [-0.1, -0.05) is 13.0 Å². The molecule has 0 aromatic heterocycles. The maximum atomic E-state index is 5.64. The van der Waals surface area contributed by atoms with Crippen LogP contribution in [-0.4, -0.2) is 12.2 Å². The standard InChI is InChI=1S/C9H16O/c1-4-5-9-6-7(2)8(3)10-9/h4,7-9H,1,5-6H2,2-3H3/t7-,8+,9?/m0/s1. The summed E-state index contributed by atoms with van der Waals surface area (Å²) in [5, 5.41) is 0. The summed E-state index contributed by atoms with van der Waals surface area (Å²) in [5.74, 6) is 0.727. The summed E-state index contributed by atoms with van der Waals surface area (Å²) >= 11 is 0. The second-order valence-corrected chi connectivity index (χ2v) is 3.20. The summed E-state index contributed by atoms with van der Waals surface area (Å²) in [4.78, 5) is 0. The van der Waals surface area contributed by atoms with E-state index < -0.39 is 0 Å². The number of hydrogen-bond acceptors (Lipinski definition) is 1. The van der Waals surface area contributed by atoms with Gasteiger partial charge in [-0.25, -0.2) is 0 Å². The Morgan fingerprint density at radius 2 is 2.30 bits per heavy atom. The van der Waals surface area contributed by atoms with Gasteiger partial charge in [-0.05, 0) is 25.7 Å². The van der Waals surface area contributed by atoms with Crippen molar-refractivity contribution in [2.45, 2.75) is 38.9 Å². The Bertz CT molecular complexity index is 110. The molecule has 0 N–H and O–H groups in total. The molecular formula is C9H16O. The number of rotatable bonds is 2. The van der Waals surface area contributed by atoms with Gasteiger partial charge < -0.3 is 4.74 Å². The lowest BCUT2D eigenvalue weighted by Gasteiger charge is -2.07. The molecule has 1 heterocycles. The molecule has 1 aliphatic heterocycles. The van der Waals surface area contributed by atoms with Crippen molar-refractivity contribution < 1.29 is 4.74 Å². The van der Waals surface area contributed by atoms with E-state index >= 15 is 0 Å². The molecule has 0 aromatic rings. The van der Waals surface area contributed by atoms with Gasteiger partial charge in [-0.2, -0.15) is 0 Å². The monoisotopic (exact) mass is 140 g/mol. The van der Waals surface area contributed by atoms with Crippen LogP contribution < -0.4 is 0 Å². The van der Waals surface area contributed by atoms with Gasteiger partial charge in [-0.15, -0.1) is 6.58 Å². The van der Waals surface area contributed by atoms with Crippen LogP contribution in [0.2, 0.25) is 0 Å². The highest BCUT2D eigenvalue weighted by atomic mass is 16.5. The zero-order valence-corrected chi connectivity index (χ0v) is 6.84. The van der Waals surface area contributed by atoms with Crippen molar-refractivity contribution in [3.63, 3.8) is 0 Å². The zero-order valence-electron chi connectivity index (χ0n) is 6.84. The molecule has 0 aliphatic carbocycles. The van der Waals surface area contributed by atoms with Gasteiger partial charge in [0, 0.05) is 0 Å². The molecule has 1 saturated heterocycles. The van der Waals surface area contributed by atoms with Crippen LogP contribution in [0.1, 0.15) is 26.7 Å². The molecule has 1 aliphatic rings. The summed E-state index contributed by atoms with van der Waals surface area (Å²) in [6.07, 6.45) is 5.05. The molecule has 0 saturated carbocycles. The SMILES string of the molecule is C=CCC1C[C@H](C)[C@@H](C)O1. The van der Waals surface area contributed by atoms with E-state index in [1.54, 1.807) is 0 Å². The molecule has 58 valence electrons. The Kier molecular flexibility index (Phi) is 2.50. The minimum Gasteiger partial charge on any atom is -0.375 e. The Morgan fingerprint density at radius 3 is 2.70 bits per heavy atom. The van der Waals surface area contributed by atoms with Crippen LogP contribution in [-0.2, 0) is 4.74 Å². The average molecular weight is 140 g/mol. The molecule has 0 bridgehead atoms. The van der Waals surface area contributed by atoms with Crippen molar-refractivity contribution >= 4 is 0 Å². The van der Waals surface area contributed by atoms with Crippen molar-refractivity contribution in [1.29, 1.82) is 0 Å². The Labute approximate surface area is 63.1 Å². The van der Waals surface area contributed by atoms with Crippen molar-refractivity contribution in [3.8, 4) is 0 Å². The van der Waals surface area contributed by atoms with E-state index in [9.17, 15) is 0 Å². The minimum absolute atomic E-state index is 0.447. The predicted molar refractivity (Wildman–Crippen MR) is 42.9 cm³/mol. The molecule has 1 rings (SSSR count). The number of ether oxygens (including phenoxy) is 1. The quantitative estimate of drug-likeness (QED) is 0.535. The van der Waals surface area contributed by atoms with E-state index in [-0.39, 0.29) is 0 Å². The van der Waals surface area contributed by atoms with Crippen molar-refractivity contribution in [3.05, 3.63) is 12.7 Å². The maximum absolute atomic E-state index is 5.64. The van der Waals surface area contributed by atoms with Gasteiger partial charge in [-0.3, -0.25) is 0 Å². The van der Waals surface area contributed by atoms with Gasteiger partial charge in [0.05, 0.1) is 12.2 Å². The fourth-order valence-electron chi connectivity index (χ4n) is 1.44. The lowest BCUT2D eigenvalue weighted by Crippen LogP contribution is -2.08. The summed E-state index contributed by atoms with van der Waals surface area (Å²) in [6, 6.07) is 0. The third kappa shape index (κ3) is 1.60. The second kappa shape index (κ2) is 3.20. The van der Waals surface area contributed by atoms with Gasteiger partial charge in [0.1, 0.15) is 0 Å². The molecule has 10 heavy (non-hydrogen) atoms. The lowest BCUT2D eigenvalue weighted by molar-refractivity contribution is 0.0496. The minimum atomic E-state index is 0.447. The van der Waals surface area contributed by atoms with E-state index in [0.29, 0.717) is 12.2 Å². The lowest BCUT2D eigenvalue weighted by atomic mass is 10.0. The van der Waals surface area contributed by atoms with Gasteiger partial charge in [0.25, 0.3) is 0 Å². The first-order valence-corrected chi connectivity index (χ1v) is 4.00. The van der Waals surface area contributed by atoms with Crippen LogP contribution in [0.4, 0.5) is 0 Å². The van der Waals surface area contributed by atoms with E-state index in [1.165, 1.54) is 6.42 Å². The van der Waals surface area contributed by atoms with Crippen LogP contribution >= 0.6 is 0 Å². The van der Waals surface area contributed by atoms with Gasteiger partial charge >= 0.3 is 0 Å². The first-order valence-electron chi connectivity index (χ1n) is 4.00. The molecule has 0 radical (unpaired) electrons. The summed E-state index contributed by atoms with van der Waals surface area (Å²) < 4.78 is 5.64. The molecule has 3 atom stereocenters. The largest absolute Gasteiger partial charge is 0.375 e. The van der Waals surface area contributed by atoms with Crippen LogP contribution in [0.5, 0.6) is 0 Å². The van der Waals surface area contributed by atoms with E-state index in [0.717, 1.165) is 12.3 Å². The smallest absolute Gasteiger partial charge is 0.0616 e. The molecular weight excluding hydrogens is 124 g/mol. The molecule has 1 nitrogen and oxygen atoms in total. The van der Waals surface area contributed by atoms with Crippen molar-refractivity contribution in [2.75, 3.05) is 0 Å². The third-order valence-corrected chi connectivity index (χ3v) is 2.27. The van der Waals surface area contributed by atoms with Crippen molar-refractivity contribution in [2.24, 2.45) is 5.92 Å². The van der Waals surface area contributed by atoms with E-state index in [1.807, 2.05) is 6.08 Å².